The van der Waals surface area contributed by atoms with Gasteiger partial charge in [0.1, 0.15) is 5.82 Å². The molecule has 0 atom stereocenters. The number of rotatable bonds is 2. The van der Waals surface area contributed by atoms with Crippen LogP contribution < -0.4 is 0 Å². The van der Waals surface area contributed by atoms with Gasteiger partial charge in [-0.1, -0.05) is 22.9 Å². The Balaban J connectivity index is 2.08. The van der Waals surface area contributed by atoms with E-state index in [1.54, 1.807) is 15.9 Å². The van der Waals surface area contributed by atoms with E-state index in [0.717, 1.165) is 6.42 Å². The molecule has 0 aliphatic carbocycles. The minimum atomic E-state index is -0.528. The van der Waals surface area contributed by atoms with Crippen molar-refractivity contribution >= 4 is 27.7 Å². The maximum atomic E-state index is 13.9. The summed E-state index contributed by atoms with van der Waals surface area (Å²) in [5.41, 5.74) is 0.0773. The third-order valence-corrected chi connectivity index (χ3v) is 4.09. The zero-order valence-electron chi connectivity index (χ0n) is 11.9. The summed E-state index contributed by atoms with van der Waals surface area (Å²) in [7, 11) is 0. The summed E-state index contributed by atoms with van der Waals surface area (Å²) in [5, 5.41) is 0. The molecule has 4 nitrogen and oxygen atoms in total. The van der Waals surface area contributed by atoms with Gasteiger partial charge >= 0.3 is 0 Å². The third-order valence-electron chi connectivity index (χ3n) is 3.60. The first-order valence-corrected chi connectivity index (χ1v) is 7.84. The van der Waals surface area contributed by atoms with Crippen molar-refractivity contribution in [2.45, 2.75) is 19.8 Å². The van der Waals surface area contributed by atoms with Crippen LogP contribution in [0.15, 0.2) is 22.7 Å². The summed E-state index contributed by atoms with van der Waals surface area (Å²) < 4.78 is 14.5. The van der Waals surface area contributed by atoms with Crippen molar-refractivity contribution in [3.63, 3.8) is 0 Å². The fourth-order valence-electron chi connectivity index (χ4n) is 2.43. The number of nitrogens with zero attached hydrogens (tertiary/aromatic N) is 2. The minimum absolute atomic E-state index is 0.0773. The van der Waals surface area contributed by atoms with Gasteiger partial charge in [-0.15, -0.1) is 0 Å². The Morgan fingerprint density at radius 1 is 1.19 bits per heavy atom. The average molecular weight is 357 g/mol. The smallest absolute Gasteiger partial charge is 0.256 e. The van der Waals surface area contributed by atoms with Crippen LogP contribution in [0.4, 0.5) is 4.39 Å². The topological polar surface area (TPSA) is 40.6 Å². The number of benzene rings is 1. The zero-order valence-corrected chi connectivity index (χ0v) is 13.5. The lowest BCUT2D eigenvalue weighted by molar-refractivity contribution is -0.130. The monoisotopic (exact) mass is 356 g/mol. The highest BCUT2D eigenvalue weighted by molar-refractivity contribution is 9.10. The maximum absolute atomic E-state index is 13.9. The first kappa shape index (κ1) is 15.9. The van der Waals surface area contributed by atoms with E-state index in [1.807, 2.05) is 6.92 Å². The molecule has 2 rings (SSSR count). The molecule has 0 spiro atoms. The van der Waals surface area contributed by atoms with Crippen LogP contribution in [0.5, 0.6) is 0 Å². The highest BCUT2D eigenvalue weighted by Crippen LogP contribution is 2.18. The van der Waals surface area contributed by atoms with Crippen molar-refractivity contribution in [2.75, 3.05) is 26.2 Å². The van der Waals surface area contributed by atoms with Crippen molar-refractivity contribution in [1.29, 1.82) is 0 Å². The molecular formula is C15H18BrFN2O2. The molecule has 1 aliphatic rings. The third kappa shape index (κ3) is 3.81. The number of hydrogen-bond donors (Lipinski definition) is 0. The van der Waals surface area contributed by atoms with E-state index in [-0.39, 0.29) is 17.4 Å². The fourth-order valence-corrected chi connectivity index (χ4v) is 2.76. The molecule has 0 aromatic heterocycles. The van der Waals surface area contributed by atoms with Gasteiger partial charge in [-0.05, 0) is 24.6 Å². The molecule has 1 fully saturated rings. The molecule has 2 amide bonds. The molecule has 21 heavy (non-hydrogen) atoms. The predicted octanol–water partition coefficient (Wildman–Crippen LogP) is 2.67. The first-order chi connectivity index (χ1) is 10.0. The molecule has 1 heterocycles. The highest BCUT2D eigenvalue weighted by Gasteiger charge is 2.23. The summed E-state index contributed by atoms with van der Waals surface area (Å²) in [5.74, 6) is -0.745. The second-order valence-electron chi connectivity index (χ2n) is 5.00. The molecule has 0 N–H and O–H groups in total. The number of carbonyl (C=O) groups excluding carboxylic acids is 2. The van der Waals surface area contributed by atoms with E-state index < -0.39 is 5.82 Å². The SMILES string of the molecule is CCC(=O)N1CCCN(C(=O)c2ccc(Br)cc2F)CC1. The predicted molar refractivity (Wildman–Crippen MR) is 81.5 cm³/mol. The fraction of sp³-hybridized carbons (Fsp3) is 0.467. The molecule has 114 valence electrons. The van der Waals surface area contributed by atoms with Gasteiger partial charge in [-0.3, -0.25) is 9.59 Å². The van der Waals surface area contributed by atoms with Gasteiger partial charge in [-0.2, -0.15) is 0 Å². The van der Waals surface area contributed by atoms with Gasteiger partial charge < -0.3 is 9.80 Å². The summed E-state index contributed by atoms with van der Waals surface area (Å²) in [6.45, 7) is 3.98. The highest BCUT2D eigenvalue weighted by atomic mass is 79.9. The van der Waals surface area contributed by atoms with E-state index >= 15 is 0 Å². The number of amides is 2. The van der Waals surface area contributed by atoms with Crippen molar-refractivity contribution in [2.24, 2.45) is 0 Å². The van der Waals surface area contributed by atoms with E-state index in [9.17, 15) is 14.0 Å². The molecule has 0 unspecified atom stereocenters. The molecule has 0 bridgehead atoms. The summed E-state index contributed by atoms with van der Waals surface area (Å²) in [6.07, 6.45) is 1.19. The van der Waals surface area contributed by atoms with Gasteiger partial charge in [0.25, 0.3) is 5.91 Å². The van der Waals surface area contributed by atoms with E-state index in [4.69, 9.17) is 0 Å². The van der Waals surface area contributed by atoms with Crippen LogP contribution >= 0.6 is 15.9 Å². The quantitative estimate of drug-likeness (QED) is 0.817. The summed E-state index contributed by atoms with van der Waals surface area (Å²) in [4.78, 5) is 27.5. The molecule has 1 aliphatic heterocycles. The second-order valence-corrected chi connectivity index (χ2v) is 5.92. The lowest BCUT2D eigenvalue weighted by Crippen LogP contribution is -2.37. The lowest BCUT2D eigenvalue weighted by atomic mass is 10.2. The Kier molecular flexibility index (Phi) is 5.33. The Bertz CT molecular complexity index is 550. The van der Waals surface area contributed by atoms with Crippen LogP contribution in [0.1, 0.15) is 30.1 Å². The Hall–Kier alpha value is -1.43. The van der Waals surface area contributed by atoms with Crippen molar-refractivity contribution in [3.05, 3.63) is 34.1 Å². The Labute approximate surface area is 132 Å². The first-order valence-electron chi connectivity index (χ1n) is 7.05. The second kappa shape index (κ2) is 7.02. The molecule has 1 aromatic rings. The van der Waals surface area contributed by atoms with Crippen LogP contribution in [-0.4, -0.2) is 47.8 Å². The van der Waals surface area contributed by atoms with Gasteiger partial charge in [0.05, 0.1) is 5.56 Å². The van der Waals surface area contributed by atoms with Gasteiger partial charge in [-0.25, -0.2) is 4.39 Å². The van der Waals surface area contributed by atoms with Crippen molar-refractivity contribution in [1.82, 2.24) is 9.80 Å². The Morgan fingerprint density at radius 2 is 1.86 bits per heavy atom. The minimum Gasteiger partial charge on any atom is -0.341 e. The maximum Gasteiger partial charge on any atom is 0.256 e. The van der Waals surface area contributed by atoms with E-state index in [2.05, 4.69) is 15.9 Å². The van der Waals surface area contributed by atoms with Gasteiger partial charge in [0, 0.05) is 37.1 Å². The molecule has 0 radical (unpaired) electrons. The van der Waals surface area contributed by atoms with Crippen molar-refractivity contribution in [3.8, 4) is 0 Å². The van der Waals surface area contributed by atoms with Crippen molar-refractivity contribution < 1.29 is 14.0 Å². The molecule has 0 saturated carbocycles. The molecule has 1 aromatic carbocycles. The average Bonchev–Trinajstić information content (AvgIpc) is 2.71. The molecule has 1 saturated heterocycles. The largest absolute Gasteiger partial charge is 0.341 e. The molecule has 6 heteroatoms. The standard InChI is InChI=1S/C15H18BrFN2O2/c1-2-14(20)18-6-3-7-19(9-8-18)15(21)12-5-4-11(16)10-13(12)17/h4-5,10H,2-3,6-9H2,1H3. The van der Waals surface area contributed by atoms with Crippen LogP contribution in [0, 0.1) is 5.82 Å². The summed E-state index contributed by atoms with van der Waals surface area (Å²) >= 11 is 3.18. The van der Waals surface area contributed by atoms with Gasteiger partial charge in [0.2, 0.25) is 5.91 Å². The summed E-state index contributed by atoms with van der Waals surface area (Å²) in [6, 6.07) is 4.43. The van der Waals surface area contributed by atoms with Gasteiger partial charge in [0.15, 0.2) is 0 Å². The normalized spacial score (nSPS) is 15.8. The number of carbonyl (C=O) groups is 2. The molecular weight excluding hydrogens is 339 g/mol. The van der Waals surface area contributed by atoms with E-state index in [1.165, 1.54) is 12.1 Å². The van der Waals surface area contributed by atoms with Crippen LogP contribution in [0.3, 0.4) is 0 Å². The zero-order chi connectivity index (χ0) is 15.4. The van der Waals surface area contributed by atoms with Crippen LogP contribution in [0.2, 0.25) is 0 Å². The Morgan fingerprint density at radius 3 is 2.52 bits per heavy atom. The number of hydrogen-bond acceptors (Lipinski definition) is 2. The number of halogens is 2. The van der Waals surface area contributed by atoms with E-state index in [0.29, 0.717) is 37.1 Å². The van der Waals surface area contributed by atoms with Crippen LogP contribution in [0.25, 0.3) is 0 Å². The van der Waals surface area contributed by atoms with Crippen LogP contribution in [-0.2, 0) is 4.79 Å². The lowest BCUT2D eigenvalue weighted by Gasteiger charge is -2.22.